The molecule has 0 aliphatic carbocycles. The number of nitriles is 6. The van der Waals surface area contributed by atoms with Gasteiger partial charge in [0.25, 0.3) is 0 Å². The summed E-state index contributed by atoms with van der Waals surface area (Å²) in [5.74, 6) is 0. The molecule has 0 aliphatic heterocycles. The first kappa shape index (κ1) is 26.8. The van der Waals surface area contributed by atoms with Gasteiger partial charge in [0.05, 0.1) is 0 Å². The van der Waals surface area contributed by atoms with Gasteiger partial charge in [-0.25, -0.2) is 0 Å². The van der Waals surface area contributed by atoms with Crippen LogP contribution in [0.4, 0.5) is 0 Å². The molecule has 0 heterocycles. The van der Waals surface area contributed by atoms with Gasteiger partial charge in [-0.3, -0.25) is 0 Å². The van der Waals surface area contributed by atoms with Crippen LogP contribution in [0.25, 0.3) is 0 Å². The number of rotatable bonds is 0. The van der Waals surface area contributed by atoms with E-state index in [1.165, 1.54) is 0 Å². The largest absolute Gasteiger partial charge is 1.00 e. The summed E-state index contributed by atoms with van der Waals surface area (Å²) in [6.07, 6.45) is 0. The van der Waals surface area contributed by atoms with Gasteiger partial charge in [-0.15, -0.1) is 0 Å². The second kappa shape index (κ2) is 8.52. The van der Waals surface area contributed by atoms with E-state index in [9.17, 15) is 0 Å². The molecule has 0 N–H and O–H groups in total. The molecule has 0 saturated heterocycles. The monoisotopic (exact) mass is 328 g/mol. The van der Waals surface area contributed by atoms with E-state index < -0.39 is 10.7 Å². The molecule has 0 radical (unpaired) electrons. The molecule has 0 fully saturated rings. The second-order valence-electron chi connectivity index (χ2n) is 1.92. The Morgan fingerprint density at radius 1 is 0.438 bits per heavy atom. The van der Waals surface area contributed by atoms with Crippen molar-refractivity contribution in [2.75, 3.05) is 0 Å². The van der Waals surface area contributed by atoms with E-state index in [0.717, 1.165) is 29.8 Å². The maximum atomic E-state index is 8.58. The van der Waals surface area contributed by atoms with Gasteiger partial charge in [0, 0.05) is 0 Å². The van der Waals surface area contributed by atoms with Gasteiger partial charge in [-0.05, 0) is 0 Å². The summed E-state index contributed by atoms with van der Waals surface area (Å²) in [7, 11) is -6.30. The maximum absolute atomic E-state index is 8.58. The third-order valence-corrected chi connectivity index (χ3v) is 5.23. The Kier molecular flexibility index (Phi) is 14.3. The van der Waals surface area contributed by atoms with Gasteiger partial charge in [-0.1, -0.05) is 0 Å². The first-order valence-electron chi connectivity index (χ1n) is 2.48. The predicted octanol–water partition coefficient (Wildman–Crippen LogP) is -8.89. The summed E-state index contributed by atoms with van der Waals surface area (Å²) in [6.45, 7) is 0. The van der Waals surface area contributed by atoms with Crippen LogP contribution in [0.5, 0.6) is 0 Å². The van der Waals surface area contributed by atoms with Crippen LogP contribution in [0.15, 0.2) is 0 Å². The van der Waals surface area contributed by atoms with Crippen molar-refractivity contribution in [1.29, 1.82) is 31.6 Å². The van der Waals surface area contributed by atoms with Crippen LogP contribution in [-0.2, 0) is 10.7 Å². The molecule has 0 unspecified atom stereocenters. The van der Waals surface area contributed by atoms with E-state index in [1.54, 1.807) is 0 Å². The fraction of sp³-hybridized carbons (Fsp3) is 0. The first-order valence-corrected chi connectivity index (χ1v) is 6.02. The summed E-state index contributed by atoms with van der Waals surface area (Å²) in [4.78, 5) is 6.25. The van der Waals surface area contributed by atoms with Gasteiger partial charge in [-0.2, -0.15) is 0 Å². The first-order chi connectivity index (χ1) is 5.97. The maximum Gasteiger partial charge on any atom is 1.00 e. The summed E-state index contributed by atoms with van der Waals surface area (Å²) >= 11 is 0. The molecule has 0 spiro atoms. The average Bonchev–Trinajstić information content (AvgIpc) is 2.26. The Hall–Kier alpha value is 2.37. The molecule has 0 rings (SSSR count). The molecular weight excluding hydrogens is 328 g/mol. The minimum Gasteiger partial charge on any atom is 1.00 e. The van der Waals surface area contributed by atoms with Crippen molar-refractivity contribution in [2.45, 2.75) is 0 Å². The average molecular weight is 328 g/mol. The quantitative estimate of drug-likeness (QED) is 0.404. The Morgan fingerprint density at radius 3 is 0.562 bits per heavy atom. The Labute approximate surface area is 219 Å². The van der Waals surface area contributed by atoms with E-state index in [-0.39, 0.29) is 154 Å². The molecule has 64 valence electrons. The molecule has 0 aromatic carbocycles. The molecule has 0 amide bonds. The van der Waals surface area contributed by atoms with Gasteiger partial charge in [0.1, 0.15) is 0 Å². The van der Waals surface area contributed by atoms with E-state index in [1.807, 2.05) is 0 Å². The van der Waals surface area contributed by atoms with Gasteiger partial charge in [0.15, 0.2) is 0 Å². The minimum atomic E-state index is -6.30. The molecule has 0 aromatic heterocycles. The summed E-state index contributed by atoms with van der Waals surface area (Å²) in [5.41, 5.74) is 0. The summed E-state index contributed by atoms with van der Waals surface area (Å²) in [5, 5.41) is 51.5. The molecule has 10 heteroatoms. The Balaban J connectivity index is -0.000000240. The fourth-order valence-electron chi connectivity index (χ4n) is 0.283. The van der Waals surface area contributed by atoms with E-state index in [4.69, 9.17) is 31.6 Å². The fourth-order valence-corrected chi connectivity index (χ4v) is 1.17. The van der Waals surface area contributed by atoms with Crippen molar-refractivity contribution < 1.29 is 165 Å². The van der Waals surface area contributed by atoms with Gasteiger partial charge >= 0.3 is 226 Å². The van der Waals surface area contributed by atoms with E-state index in [0.29, 0.717) is 0 Å². The van der Waals surface area contributed by atoms with Crippen molar-refractivity contribution in [1.82, 2.24) is 0 Å². The molecule has 6 nitrogen and oxygen atoms in total. The van der Waals surface area contributed by atoms with Crippen LogP contribution in [0.3, 0.4) is 0 Å². The number of hydrogen-bond acceptors (Lipinski definition) is 6. The van der Waals surface area contributed by atoms with Gasteiger partial charge < -0.3 is 0 Å². The van der Waals surface area contributed by atoms with Crippen LogP contribution < -0.4 is 154 Å². The van der Waals surface area contributed by atoms with Crippen LogP contribution in [0.1, 0.15) is 0 Å². The third-order valence-electron chi connectivity index (χ3n) is 1.27. The number of nitrogens with zero attached hydrogens (tertiary/aromatic N) is 6. The standard InChI is InChI=1S/6CN.3K.Mn/c6*1-2;;;;/q;;;;;;3*+1;-3. The SMILES string of the molecule is N#[C][Mn-3]([C]#N)([C]#N)([C]#N)([C]#N)[C]#N.[K+].[K+].[K+]. The predicted molar refractivity (Wildman–Crippen MR) is 33.7 cm³/mol. The molecule has 0 saturated carbocycles. The van der Waals surface area contributed by atoms with Crippen molar-refractivity contribution in [3.63, 3.8) is 0 Å². The van der Waals surface area contributed by atoms with Crippen molar-refractivity contribution in [3.8, 4) is 29.8 Å². The molecule has 0 aromatic rings. The van der Waals surface area contributed by atoms with Crippen LogP contribution in [-0.4, -0.2) is 0 Å². The molecule has 0 atom stereocenters. The zero-order valence-electron chi connectivity index (χ0n) is 9.06. The molecule has 0 aliphatic rings. The van der Waals surface area contributed by atoms with Crippen LogP contribution in [0.2, 0.25) is 0 Å². The molecule has 0 bridgehead atoms. The van der Waals surface area contributed by atoms with E-state index in [2.05, 4.69) is 0 Å². The Morgan fingerprint density at radius 2 is 0.562 bits per heavy atom. The minimum absolute atomic E-state index is 0. The zero-order chi connectivity index (χ0) is 10.7. The normalized spacial score (nSPS) is 10.9. The third kappa shape index (κ3) is 3.69. The topological polar surface area (TPSA) is 143 Å². The smallest absolute Gasteiger partial charge is 1.00 e. The number of hydrogen-bond donors (Lipinski definition) is 0. The van der Waals surface area contributed by atoms with Crippen molar-refractivity contribution in [2.24, 2.45) is 0 Å². The van der Waals surface area contributed by atoms with E-state index >= 15 is 0 Å². The van der Waals surface area contributed by atoms with Crippen molar-refractivity contribution >= 4 is 0 Å². The molecular formula is C6K3MnN6. The second-order valence-corrected chi connectivity index (χ2v) is 7.93. The van der Waals surface area contributed by atoms with Crippen LogP contribution in [0, 0.1) is 61.4 Å². The van der Waals surface area contributed by atoms with Gasteiger partial charge in [0.2, 0.25) is 0 Å². The molecule has 16 heavy (non-hydrogen) atoms. The zero-order valence-corrected chi connectivity index (χ0v) is 19.6. The van der Waals surface area contributed by atoms with Crippen LogP contribution >= 0.6 is 0 Å². The summed E-state index contributed by atoms with van der Waals surface area (Å²) < 4.78 is 0. The summed E-state index contributed by atoms with van der Waals surface area (Å²) in [6, 6.07) is 0. The van der Waals surface area contributed by atoms with Crippen molar-refractivity contribution in [3.05, 3.63) is 0 Å². The Bertz CT molecular complexity index is 398.